The third-order valence-corrected chi connectivity index (χ3v) is 2.80. The van der Waals surface area contributed by atoms with Gasteiger partial charge < -0.3 is 10.4 Å². The van der Waals surface area contributed by atoms with E-state index in [0.717, 1.165) is 6.42 Å². The zero-order valence-corrected chi connectivity index (χ0v) is 9.73. The van der Waals surface area contributed by atoms with E-state index in [-0.39, 0.29) is 18.1 Å². The fourth-order valence-electron chi connectivity index (χ4n) is 1.42. The van der Waals surface area contributed by atoms with Gasteiger partial charge in [0.2, 0.25) is 0 Å². The van der Waals surface area contributed by atoms with Crippen molar-refractivity contribution >= 4 is 5.91 Å². The van der Waals surface area contributed by atoms with Crippen molar-refractivity contribution in [2.24, 2.45) is 0 Å². The van der Waals surface area contributed by atoms with Crippen LogP contribution in [0.1, 0.15) is 37.0 Å². The minimum absolute atomic E-state index is 0.0704. The van der Waals surface area contributed by atoms with Gasteiger partial charge in [-0.25, -0.2) is 0 Å². The summed E-state index contributed by atoms with van der Waals surface area (Å²) in [6.45, 7) is 3.99. The normalized spacial score (nSPS) is 14.2. The van der Waals surface area contributed by atoms with Gasteiger partial charge >= 0.3 is 0 Å². The Hall–Kier alpha value is -1.42. The van der Waals surface area contributed by atoms with Gasteiger partial charge in [0, 0.05) is 30.1 Å². The lowest BCUT2D eigenvalue weighted by Gasteiger charge is -2.28. The van der Waals surface area contributed by atoms with Crippen LogP contribution >= 0.6 is 0 Å². The number of hydrogen-bond acceptors (Lipinski definition) is 3. The third-order valence-electron chi connectivity index (χ3n) is 2.80. The van der Waals surface area contributed by atoms with E-state index in [0.29, 0.717) is 12.0 Å². The number of aliphatic hydroxyl groups excluding tert-OH is 1. The van der Waals surface area contributed by atoms with Gasteiger partial charge in [-0.15, -0.1) is 0 Å². The minimum atomic E-state index is -0.352. The molecular formula is C12H18N2O2. The zero-order chi connectivity index (χ0) is 12.0. The van der Waals surface area contributed by atoms with E-state index in [2.05, 4.69) is 10.3 Å². The lowest BCUT2D eigenvalue weighted by Crippen LogP contribution is -2.46. The summed E-state index contributed by atoms with van der Waals surface area (Å²) in [6.07, 6.45) is 4.51. The molecule has 1 rings (SSSR count). The van der Waals surface area contributed by atoms with Crippen LogP contribution in [0.25, 0.3) is 0 Å². The summed E-state index contributed by atoms with van der Waals surface area (Å²) in [6, 6.07) is 3.34. The minimum Gasteiger partial charge on any atom is -0.396 e. The third kappa shape index (κ3) is 3.31. The van der Waals surface area contributed by atoms with Gasteiger partial charge in [-0.2, -0.15) is 0 Å². The molecule has 2 N–H and O–H groups in total. The fourth-order valence-corrected chi connectivity index (χ4v) is 1.42. The number of carbonyl (C=O) groups is 1. The smallest absolute Gasteiger partial charge is 0.251 e. The summed E-state index contributed by atoms with van der Waals surface area (Å²) in [5.41, 5.74) is 0.238. The lowest BCUT2D eigenvalue weighted by atomic mass is 9.94. The van der Waals surface area contributed by atoms with E-state index in [9.17, 15) is 4.79 Å². The second-order valence-corrected chi connectivity index (χ2v) is 4.08. The van der Waals surface area contributed by atoms with Crippen molar-refractivity contribution in [2.45, 2.75) is 32.2 Å². The molecule has 1 amide bonds. The van der Waals surface area contributed by atoms with E-state index in [1.807, 2.05) is 13.8 Å². The van der Waals surface area contributed by atoms with Crippen molar-refractivity contribution in [3.63, 3.8) is 0 Å². The van der Waals surface area contributed by atoms with E-state index in [4.69, 9.17) is 5.11 Å². The Morgan fingerprint density at radius 1 is 1.50 bits per heavy atom. The van der Waals surface area contributed by atoms with Crippen molar-refractivity contribution in [3.8, 4) is 0 Å². The van der Waals surface area contributed by atoms with Gasteiger partial charge in [-0.1, -0.05) is 6.92 Å². The number of rotatable bonds is 5. The molecule has 4 heteroatoms. The van der Waals surface area contributed by atoms with E-state index in [1.165, 1.54) is 0 Å². The molecule has 1 aromatic heterocycles. The Morgan fingerprint density at radius 2 is 2.12 bits per heavy atom. The number of nitrogens with zero attached hydrogens (tertiary/aromatic N) is 1. The maximum absolute atomic E-state index is 11.9. The second kappa shape index (κ2) is 5.61. The molecule has 0 bridgehead atoms. The van der Waals surface area contributed by atoms with Gasteiger partial charge in [-0.05, 0) is 31.9 Å². The molecule has 0 aliphatic heterocycles. The van der Waals surface area contributed by atoms with Crippen LogP contribution in [-0.4, -0.2) is 28.1 Å². The van der Waals surface area contributed by atoms with E-state index >= 15 is 0 Å². The SMILES string of the molecule is CC[C@](C)(CCO)NC(=O)c1ccncc1. The Morgan fingerprint density at radius 3 is 2.62 bits per heavy atom. The molecule has 0 aliphatic carbocycles. The van der Waals surface area contributed by atoms with Gasteiger partial charge in [0.15, 0.2) is 0 Å². The van der Waals surface area contributed by atoms with Crippen molar-refractivity contribution in [2.75, 3.05) is 6.61 Å². The van der Waals surface area contributed by atoms with Gasteiger partial charge in [0.25, 0.3) is 5.91 Å². The standard InChI is InChI=1S/C12H18N2O2/c1-3-12(2,6-9-15)14-11(16)10-4-7-13-8-5-10/h4-5,7-8,15H,3,6,9H2,1-2H3,(H,14,16)/t12-/m1/s1. The van der Waals surface area contributed by atoms with E-state index < -0.39 is 0 Å². The van der Waals surface area contributed by atoms with Crippen molar-refractivity contribution in [1.82, 2.24) is 10.3 Å². The molecule has 1 aromatic rings. The van der Waals surface area contributed by atoms with Gasteiger partial charge in [0.05, 0.1) is 0 Å². The van der Waals surface area contributed by atoms with Crippen molar-refractivity contribution in [1.29, 1.82) is 0 Å². The van der Waals surface area contributed by atoms with Crippen LogP contribution in [-0.2, 0) is 0 Å². The summed E-state index contributed by atoms with van der Waals surface area (Å²) >= 11 is 0. The molecule has 0 spiro atoms. The average molecular weight is 222 g/mol. The largest absolute Gasteiger partial charge is 0.396 e. The number of aromatic nitrogens is 1. The molecule has 0 aliphatic rings. The highest BCUT2D eigenvalue weighted by molar-refractivity contribution is 5.94. The first kappa shape index (κ1) is 12.6. The molecule has 0 unspecified atom stereocenters. The molecule has 0 saturated heterocycles. The van der Waals surface area contributed by atoms with Crippen LogP contribution in [0.2, 0.25) is 0 Å². The molecule has 4 nitrogen and oxygen atoms in total. The second-order valence-electron chi connectivity index (χ2n) is 4.08. The molecular weight excluding hydrogens is 204 g/mol. The molecule has 0 fully saturated rings. The number of hydrogen-bond donors (Lipinski definition) is 2. The summed E-state index contributed by atoms with van der Waals surface area (Å²) in [7, 11) is 0. The predicted molar refractivity (Wildman–Crippen MR) is 62.1 cm³/mol. The first-order valence-corrected chi connectivity index (χ1v) is 5.44. The average Bonchev–Trinajstić information content (AvgIpc) is 2.30. The maximum Gasteiger partial charge on any atom is 0.251 e. The highest BCUT2D eigenvalue weighted by Gasteiger charge is 2.23. The number of aliphatic hydroxyl groups is 1. The molecule has 0 saturated carbocycles. The first-order valence-electron chi connectivity index (χ1n) is 5.44. The summed E-state index contributed by atoms with van der Waals surface area (Å²) in [5.74, 6) is -0.125. The highest BCUT2D eigenvalue weighted by Crippen LogP contribution is 2.14. The monoisotopic (exact) mass is 222 g/mol. The Kier molecular flexibility index (Phi) is 4.43. The maximum atomic E-state index is 11.9. The summed E-state index contributed by atoms with van der Waals surface area (Å²) in [5, 5.41) is 11.9. The number of amides is 1. The summed E-state index contributed by atoms with van der Waals surface area (Å²) in [4.78, 5) is 15.7. The van der Waals surface area contributed by atoms with Crippen molar-refractivity contribution < 1.29 is 9.90 Å². The molecule has 0 radical (unpaired) electrons. The highest BCUT2D eigenvalue weighted by atomic mass is 16.3. The fraction of sp³-hybridized carbons (Fsp3) is 0.500. The Labute approximate surface area is 95.7 Å². The van der Waals surface area contributed by atoms with Crippen LogP contribution < -0.4 is 5.32 Å². The Balaban J connectivity index is 2.70. The number of nitrogens with one attached hydrogen (secondary N) is 1. The first-order chi connectivity index (χ1) is 7.61. The number of pyridine rings is 1. The van der Waals surface area contributed by atoms with Crippen LogP contribution in [0.15, 0.2) is 24.5 Å². The van der Waals surface area contributed by atoms with Crippen LogP contribution in [0.5, 0.6) is 0 Å². The topological polar surface area (TPSA) is 62.2 Å². The molecule has 0 aromatic carbocycles. The molecule has 1 atom stereocenters. The number of carbonyl (C=O) groups excluding carboxylic acids is 1. The predicted octanol–water partition coefficient (Wildman–Crippen LogP) is 1.36. The quantitative estimate of drug-likeness (QED) is 0.790. The van der Waals surface area contributed by atoms with Gasteiger partial charge in [-0.3, -0.25) is 9.78 Å². The van der Waals surface area contributed by atoms with E-state index in [1.54, 1.807) is 24.5 Å². The van der Waals surface area contributed by atoms with Gasteiger partial charge in [0.1, 0.15) is 0 Å². The van der Waals surface area contributed by atoms with Crippen LogP contribution in [0, 0.1) is 0 Å². The molecule has 16 heavy (non-hydrogen) atoms. The van der Waals surface area contributed by atoms with Crippen molar-refractivity contribution in [3.05, 3.63) is 30.1 Å². The Bertz CT molecular complexity index is 340. The summed E-state index contributed by atoms with van der Waals surface area (Å²) < 4.78 is 0. The van der Waals surface area contributed by atoms with Crippen LogP contribution in [0.4, 0.5) is 0 Å². The molecule has 1 heterocycles. The lowest BCUT2D eigenvalue weighted by molar-refractivity contribution is 0.0886. The van der Waals surface area contributed by atoms with Crippen LogP contribution in [0.3, 0.4) is 0 Å². The zero-order valence-electron chi connectivity index (χ0n) is 9.73. The molecule has 88 valence electrons.